The Morgan fingerprint density at radius 2 is 1.74 bits per heavy atom. The van der Waals surface area contributed by atoms with Gasteiger partial charge in [0.15, 0.2) is 0 Å². The van der Waals surface area contributed by atoms with Crippen molar-refractivity contribution in [2.45, 2.75) is 29.1 Å². The molecule has 0 bridgehead atoms. The first-order valence-electron chi connectivity index (χ1n) is 14.1. The number of imidazole rings is 1. The van der Waals surface area contributed by atoms with Crippen molar-refractivity contribution in [2.24, 2.45) is 0 Å². The lowest BCUT2D eigenvalue weighted by atomic mass is 10.2. The van der Waals surface area contributed by atoms with Crippen LogP contribution >= 0.6 is 0 Å². The Balaban J connectivity index is 1.36. The third-order valence-electron chi connectivity index (χ3n) is 7.11. The maximum absolute atomic E-state index is 14.0. The standard InChI is InChI=1S/C30H36N4O7S2/c1-23-27(31-13-12-29(23)41-18-5-17-38-2)22-42(35)30-32-26-6-3-4-7-28(26)34(30)43(36,37)25-10-8-24(9-11-25)40-21-16-33-14-19-39-20-15-33/h3-4,6-13H,5,14-22H2,1-2H3. The van der Waals surface area contributed by atoms with E-state index in [1.807, 2.05) is 6.92 Å². The molecule has 2 aromatic carbocycles. The van der Waals surface area contributed by atoms with Crippen molar-refractivity contribution in [3.8, 4) is 11.5 Å². The normalized spacial score (nSPS) is 15.0. The molecule has 0 amide bonds. The second-order valence-electron chi connectivity index (χ2n) is 9.99. The Bertz CT molecular complexity index is 1650. The summed E-state index contributed by atoms with van der Waals surface area (Å²) in [4.78, 5) is 11.2. The molecule has 4 aromatic rings. The van der Waals surface area contributed by atoms with Gasteiger partial charge in [0.25, 0.3) is 10.0 Å². The van der Waals surface area contributed by atoms with Gasteiger partial charge in [-0.05, 0) is 49.4 Å². The van der Waals surface area contributed by atoms with Crippen molar-refractivity contribution in [3.05, 3.63) is 72.1 Å². The summed E-state index contributed by atoms with van der Waals surface area (Å²) in [6, 6.07) is 14.9. The minimum Gasteiger partial charge on any atom is -0.493 e. The molecule has 1 atom stereocenters. The molecular weight excluding hydrogens is 592 g/mol. The predicted octanol–water partition coefficient (Wildman–Crippen LogP) is 3.41. The zero-order valence-corrected chi connectivity index (χ0v) is 25.9. The number of ether oxygens (including phenoxy) is 4. The monoisotopic (exact) mass is 628 g/mol. The number of methoxy groups -OCH3 is 1. The van der Waals surface area contributed by atoms with E-state index in [4.69, 9.17) is 18.9 Å². The zero-order chi connectivity index (χ0) is 30.2. The van der Waals surface area contributed by atoms with Gasteiger partial charge < -0.3 is 18.9 Å². The van der Waals surface area contributed by atoms with Crippen LogP contribution in [0.3, 0.4) is 0 Å². The van der Waals surface area contributed by atoms with Crippen LogP contribution in [-0.2, 0) is 36.0 Å². The van der Waals surface area contributed by atoms with E-state index in [0.717, 1.165) is 35.6 Å². The van der Waals surface area contributed by atoms with Crippen LogP contribution < -0.4 is 9.47 Å². The number of rotatable bonds is 14. The van der Waals surface area contributed by atoms with Gasteiger partial charge in [0.05, 0.1) is 58.0 Å². The fourth-order valence-corrected chi connectivity index (χ4v) is 7.77. The molecule has 1 aliphatic rings. The molecule has 0 aliphatic carbocycles. The number of benzene rings is 2. The smallest absolute Gasteiger partial charge is 0.270 e. The number of aromatic nitrogens is 3. The number of morpholine rings is 1. The quantitative estimate of drug-likeness (QED) is 0.192. The summed E-state index contributed by atoms with van der Waals surface area (Å²) in [6.07, 6.45) is 2.32. The van der Waals surface area contributed by atoms with Crippen LogP contribution in [0.25, 0.3) is 11.0 Å². The Morgan fingerprint density at radius 1 is 0.977 bits per heavy atom. The highest BCUT2D eigenvalue weighted by Gasteiger charge is 2.28. The summed E-state index contributed by atoms with van der Waals surface area (Å²) >= 11 is 0. The van der Waals surface area contributed by atoms with Crippen molar-refractivity contribution < 1.29 is 31.6 Å². The van der Waals surface area contributed by atoms with Gasteiger partial charge in [-0.3, -0.25) is 14.1 Å². The number of hydrogen-bond acceptors (Lipinski definition) is 10. The van der Waals surface area contributed by atoms with E-state index in [1.165, 1.54) is 12.1 Å². The maximum atomic E-state index is 14.0. The molecule has 1 fully saturated rings. The highest BCUT2D eigenvalue weighted by Crippen LogP contribution is 2.28. The zero-order valence-electron chi connectivity index (χ0n) is 24.3. The predicted molar refractivity (Wildman–Crippen MR) is 163 cm³/mol. The van der Waals surface area contributed by atoms with Gasteiger partial charge in [0, 0.05) is 51.5 Å². The van der Waals surface area contributed by atoms with Crippen LogP contribution in [0, 0.1) is 6.92 Å². The largest absolute Gasteiger partial charge is 0.493 e. The topological polar surface area (TPSA) is 122 Å². The van der Waals surface area contributed by atoms with E-state index in [-0.39, 0.29) is 15.8 Å². The SMILES string of the molecule is COCCCOc1ccnc(CS(=O)c2nc3ccccc3n2S(=O)(=O)c2ccc(OCCN3CCOCC3)cc2)c1C. The number of fused-ring (bicyclic) bond motifs is 1. The molecule has 11 nitrogen and oxygen atoms in total. The highest BCUT2D eigenvalue weighted by atomic mass is 32.2. The van der Waals surface area contributed by atoms with E-state index in [0.29, 0.717) is 61.3 Å². The van der Waals surface area contributed by atoms with Crippen LogP contribution in [0.4, 0.5) is 0 Å². The van der Waals surface area contributed by atoms with Gasteiger partial charge in [0.1, 0.15) is 18.1 Å². The lowest BCUT2D eigenvalue weighted by Gasteiger charge is -2.26. The van der Waals surface area contributed by atoms with Crippen molar-refractivity contribution in [1.29, 1.82) is 0 Å². The second kappa shape index (κ2) is 14.4. The van der Waals surface area contributed by atoms with Crippen LogP contribution in [-0.4, -0.2) is 91.2 Å². The van der Waals surface area contributed by atoms with E-state index in [2.05, 4.69) is 14.9 Å². The Labute approximate surface area is 254 Å². The molecule has 230 valence electrons. The van der Waals surface area contributed by atoms with Gasteiger partial charge in [-0.1, -0.05) is 12.1 Å². The molecule has 0 spiro atoms. The fraction of sp³-hybridized carbons (Fsp3) is 0.400. The van der Waals surface area contributed by atoms with Gasteiger partial charge in [0.2, 0.25) is 5.16 Å². The van der Waals surface area contributed by atoms with Crippen LogP contribution in [0.2, 0.25) is 0 Å². The molecule has 1 aliphatic heterocycles. The third-order valence-corrected chi connectivity index (χ3v) is 10.2. The van der Waals surface area contributed by atoms with E-state index < -0.39 is 20.8 Å². The van der Waals surface area contributed by atoms with Crippen molar-refractivity contribution in [3.63, 3.8) is 0 Å². The minimum atomic E-state index is -4.15. The van der Waals surface area contributed by atoms with E-state index in [1.54, 1.807) is 55.8 Å². The first kappa shape index (κ1) is 31.1. The molecule has 1 saturated heterocycles. The number of hydrogen-bond donors (Lipinski definition) is 0. The average Bonchev–Trinajstić information content (AvgIpc) is 3.43. The lowest BCUT2D eigenvalue weighted by Crippen LogP contribution is -2.38. The minimum absolute atomic E-state index is 0.0319. The summed E-state index contributed by atoms with van der Waals surface area (Å²) in [7, 11) is -4.36. The van der Waals surface area contributed by atoms with Gasteiger partial charge >= 0.3 is 0 Å². The second-order valence-corrected chi connectivity index (χ2v) is 13.1. The summed E-state index contributed by atoms with van der Waals surface area (Å²) in [5.41, 5.74) is 2.05. The van der Waals surface area contributed by atoms with Crippen LogP contribution in [0.15, 0.2) is 70.8 Å². The van der Waals surface area contributed by atoms with Crippen LogP contribution in [0.1, 0.15) is 17.7 Å². The molecule has 0 N–H and O–H groups in total. The van der Waals surface area contributed by atoms with Crippen molar-refractivity contribution in [1.82, 2.24) is 18.8 Å². The molecule has 0 saturated carbocycles. The third kappa shape index (κ3) is 7.42. The summed E-state index contributed by atoms with van der Waals surface area (Å²) in [6.45, 7) is 7.30. The lowest BCUT2D eigenvalue weighted by molar-refractivity contribution is 0.0322. The van der Waals surface area contributed by atoms with Gasteiger partial charge in [-0.25, -0.2) is 17.4 Å². The molecule has 13 heteroatoms. The summed E-state index contributed by atoms with van der Waals surface area (Å²) in [5.74, 6) is 1.17. The molecular formula is C30H36N4O7S2. The number of para-hydroxylation sites is 2. The van der Waals surface area contributed by atoms with E-state index >= 15 is 0 Å². The molecule has 5 rings (SSSR count). The first-order chi connectivity index (χ1) is 20.9. The van der Waals surface area contributed by atoms with Crippen molar-refractivity contribution in [2.75, 3.05) is 59.8 Å². The molecule has 3 heterocycles. The average molecular weight is 629 g/mol. The van der Waals surface area contributed by atoms with E-state index in [9.17, 15) is 12.6 Å². The summed E-state index contributed by atoms with van der Waals surface area (Å²) in [5, 5.41) is -0.0698. The highest BCUT2D eigenvalue weighted by molar-refractivity contribution is 7.91. The molecule has 2 aromatic heterocycles. The number of pyridine rings is 1. The molecule has 0 radical (unpaired) electrons. The Morgan fingerprint density at radius 3 is 2.51 bits per heavy atom. The van der Waals surface area contributed by atoms with Crippen molar-refractivity contribution >= 4 is 31.9 Å². The fourth-order valence-electron chi connectivity index (χ4n) is 4.72. The Hall–Kier alpha value is -3.36. The molecule has 1 unspecified atom stereocenters. The Kier molecular flexibility index (Phi) is 10.4. The maximum Gasteiger partial charge on any atom is 0.270 e. The van der Waals surface area contributed by atoms with Gasteiger partial charge in [-0.15, -0.1) is 0 Å². The molecule has 43 heavy (non-hydrogen) atoms. The van der Waals surface area contributed by atoms with Crippen LogP contribution in [0.5, 0.6) is 11.5 Å². The number of nitrogens with zero attached hydrogens (tertiary/aromatic N) is 4. The first-order valence-corrected chi connectivity index (χ1v) is 16.8. The summed E-state index contributed by atoms with van der Waals surface area (Å²) < 4.78 is 65.0. The van der Waals surface area contributed by atoms with Gasteiger partial charge in [-0.2, -0.15) is 0 Å².